The van der Waals surface area contributed by atoms with Gasteiger partial charge in [0, 0.05) is 79.3 Å². The highest BCUT2D eigenvalue weighted by atomic mass is 35.5. The van der Waals surface area contributed by atoms with Crippen molar-refractivity contribution in [3.63, 3.8) is 0 Å². The molecule has 3 aromatic carbocycles. The number of halogens is 1. The van der Waals surface area contributed by atoms with Gasteiger partial charge in [-0.05, 0) is 47.9 Å². The number of piperidine rings is 2. The van der Waals surface area contributed by atoms with Crippen LogP contribution in [-0.2, 0) is 6.54 Å². The van der Waals surface area contributed by atoms with Crippen LogP contribution in [0, 0.1) is 6.92 Å². The SMILES string of the molecule is COc1cc(N2CC[C@H](N)[C@H](c3ccccc3C)C2)cc(OC)c1OC.Cl.N[C@@H]1CCN(Cc2ccccc2)C[C@H]1c1cccs1. The lowest BCUT2D eigenvalue weighted by molar-refractivity contribution is 0.184. The minimum Gasteiger partial charge on any atom is -0.493 e. The molecule has 0 unspecified atom stereocenters. The first-order valence-corrected chi connectivity index (χ1v) is 16.7. The molecule has 4 N–H and O–H groups in total. The first-order chi connectivity index (χ1) is 21.9. The molecule has 2 aliphatic heterocycles. The van der Waals surface area contributed by atoms with Crippen molar-refractivity contribution in [2.24, 2.45) is 11.5 Å². The Morgan fingerprint density at radius 3 is 2.04 bits per heavy atom. The average Bonchev–Trinajstić information content (AvgIpc) is 3.61. The molecule has 0 radical (unpaired) electrons. The van der Waals surface area contributed by atoms with Crippen molar-refractivity contribution in [3.05, 3.63) is 106 Å². The molecule has 0 amide bonds. The van der Waals surface area contributed by atoms with Crippen LogP contribution < -0.4 is 30.6 Å². The van der Waals surface area contributed by atoms with Gasteiger partial charge in [0.25, 0.3) is 0 Å². The highest BCUT2D eigenvalue weighted by Crippen LogP contribution is 2.42. The third-order valence-electron chi connectivity index (χ3n) is 9.18. The van der Waals surface area contributed by atoms with Crippen molar-refractivity contribution in [1.82, 2.24) is 4.90 Å². The van der Waals surface area contributed by atoms with E-state index in [1.54, 1.807) is 21.3 Å². The van der Waals surface area contributed by atoms with E-state index in [2.05, 4.69) is 88.8 Å². The van der Waals surface area contributed by atoms with Crippen molar-refractivity contribution in [2.45, 2.75) is 50.2 Å². The number of methoxy groups -OCH3 is 3. The third-order valence-corrected chi connectivity index (χ3v) is 10.2. The fraction of sp³-hybridized carbons (Fsp3) is 0.405. The maximum absolute atomic E-state index is 6.48. The van der Waals surface area contributed by atoms with E-state index in [-0.39, 0.29) is 18.4 Å². The molecule has 0 saturated carbocycles. The van der Waals surface area contributed by atoms with Crippen LogP contribution in [0.2, 0.25) is 0 Å². The Hall–Kier alpha value is -3.27. The molecular weight excluding hydrogens is 616 g/mol. The molecule has 2 saturated heterocycles. The molecule has 7 nitrogen and oxygen atoms in total. The molecule has 0 bridgehead atoms. The third kappa shape index (κ3) is 8.55. The summed E-state index contributed by atoms with van der Waals surface area (Å²) >= 11 is 1.83. The number of aryl methyl sites for hydroxylation is 1. The molecule has 2 fully saturated rings. The summed E-state index contributed by atoms with van der Waals surface area (Å²) in [5.41, 5.74) is 17.9. The molecule has 4 atom stereocenters. The Morgan fingerprint density at radius 1 is 0.761 bits per heavy atom. The minimum atomic E-state index is 0. The number of nitrogens with two attached hydrogens (primary N) is 2. The van der Waals surface area contributed by atoms with Crippen LogP contribution in [0.5, 0.6) is 17.2 Å². The molecule has 46 heavy (non-hydrogen) atoms. The zero-order valence-electron chi connectivity index (χ0n) is 27.4. The summed E-state index contributed by atoms with van der Waals surface area (Å²) < 4.78 is 16.4. The first kappa shape index (κ1) is 35.6. The topological polar surface area (TPSA) is 86.2 Å². The van der Waals surface area contributed by atoms with Gasteiger partial charge >= 0.3 is 0 Å². The molecule has 2 aliphatic rings. The molecule has 0 aliphatic carbocycles. The summed E-state index contributed by atoms with van der Waals surface area (Å²) in [5, 5.41) is 2.15. The summed E-state index contributed by atoms with van der Waals surface area (Å²) in [6.07, 6.45) is 2.03. The van der Waals surface area contributed by atoms with Gasteiger partial charge in [0.1, 0.15) is 0 Å². The van der Waals surface area contributed by atoms with E-state index in [0.29, 0.717) is 35.1 Å². The van der Waals surface area contributed by atoms with E-state index < -0.39 is 0 Å². The number of rotatable bonds is 8. The average molecular weight is 665 g/mol. The Balaban J connectivity index is 0.000000213. The maximum Gasteiger partial charge on any atom is 0.203 e. The highest BCUT2D eigenvalue weighted by Gasteiger charge is 2.30. The van der Waals surface area contributed by atoms with E-state index >= 15 is 0 Å². The van der Waals surface area contributed by atoms with Gasteiger partial charge in [-0.3, -0.25) is 4.90 Å². The van der Waals surface area contributed by atoms with Crippen LogP contribution in [-0.4, -0.2) is 64.5 Å². The minimum absolute atomic E-state index is 0. The van der Waals surface area contributed by atoms with Gasteiger partial charge in [0.15, 0.2) is 11.5 Å². The van der Waals surface area contributed by atoms with Crippen molar-refractivity contribution in [3.8, 4) is 17.2 Å². The summed E-state index contributed by atoms with van der Waals surface area (Å²) in [6, 6.07) is 28.1. The van der Waals surface area contributed by atoms with Gasteiger partial charge in [-0.15, -0.1) is 23.7 Å². The summed E-state index contributed by atoms with van der Waals surface area (Å²) in [5.74, 6) is 2.75. The molecule has 0 spiro atoms. The Morgan fingerprint density at radius 2 is 1.41 bits per heavy atom. The van der Waals surface area contributed by atoms with Gasteiger partial charge in [-0.25, -0.2) is 0 Å². The van der Waals surface area contributed by atoms with E-state index in [4.69, 9.17) is 25.7 Å². The van der Waals surface area contributed by atoms with Crippen LogP contribution in [0.4, 0.5) is 5.69 Å². The van der Waals surface area contributed by atoms with Crippen LogP contribution in [0.25, 0.3) is 0 Å². The maximum atomic E-state index is 6.48. The molecule has 248 valence electrons. The number of benzene rings is 3. The molecule has 1 aromatic heterocycles. The summed E-state index contributed by atoms with van der Waals surface area (Å²) in [4.78, 5) is 6.32. The second-order valence-electron chi connectivity index (χ2n) is 12.0. The fourth-order valence-corrected chi connectivity index (χ4v) is 7.51. The Labute approximate surface area is 284 Å². The standard InChI is InChI=1S/C21H28N2O3.C16H20N2S.ClH/c1-14-7-5-6-8-16(14)17-13-23(10-9-18(17)22)15-11-19(24-2)21(26-4)20(12-15)25-3;17-15-8-9-18(11-13-5-2-1-3-6-13)12-14(15)16-7-4-10-19-16;/h5-8,11-12,17-18H,9-10,13,22H2,1-4H3;1-7,10,14-15H,8-9,11-12,17H2;1H/t17-,18-;14-,15-;/m01./s1. The van der Waals surface area contributed by atoms with Gasteiger partial charge in [0.2, 0.25) is 5.75 Å². The monoisotopic (exact) mass is 664 g/mol. The van der Waals surface area contributed by atoms with E-state index in [1.807, 2.05) is 23.5 Å². The smallest absolute Gasteiger partial charge is 0.203 e. The van der Waals surface area contributed by atoms with E-state index in [9.17, 15) is 0 Å². The zero-order chi connectivity index (χ0) is 31.8. The fourth-order valence-electron chi connectivity index (χ4n) is 6.61. The van der Waals surface area contributed by atoms with E-state index in [1.165, 1.54) is 21.6 Å². The zero-order valence-corrected chi connectivity index (χ0v) is 29.1. The van der Waals surface area contributed by atoms with Crippen LogP contribution in [0.3, 0.4) is 0 Å². The quantitative estimate of drug-likeness (QED) is 0.214. The second kappa shape index (κ2) is 17.0. The van der Waals surface area contributed by atoms with Gasteiger partial charge in [0.05, 0.1) is 21.3 Å². The lowest BCUT2D eigenvalue weighted by Crippen LogP contribution is -2.46. The normalized spacial score (nSPS) is 21.4. The van der Waals surface area contributed by atoms with Gasteiger partial charge < -0.3 is 30.6 Å². The second-order valence-corrected chi connectivity index (χ2v) is 13.0. The van der Waals surface area contributed by atoms with Crippen LogP contribution >= 0.6 is 23.7 Å². The lowest BCUT2D eigenvalue weighted by Gasteiger charge is -2.39. The largest absolute Gasteiger partial charge is 0.493 e. The number of ether oxygens (including phenoxy) is 3. The van der Waals surface area contributed by atoms with Gasteiger partial charge in [-0.2, -0.15) is 0 Å². The molecule has 3 heterocycles. The highest BCUT2D eigenvalue weighted by molar-refractivity contribution is 7.10. The van der Waals surface area contributed by atoms with Crippen molar-refractivity contribution >= 4 is 29.4 Å². The van der Waals surface area contributed by atoms with Gasteiger partial charge in [-0.1, -0.05) is 60.7 Å². The number of thiophene rings is 1. The van der Waals surface area contributed by atoms with Crippen LogP contribution in [0.15, 0.2) is 84.2 Å². The van der Waals surface area contributed by atoms with E-state index in [0.717, 1.165) is 51.3 Å². The number of likely N-dealkylation sites (tertiary alicyclic amines) is 1. The molecule has 4 aromatic rings. The van der Waals surface area contributed by atoms with Crippen molar-refractivity contribution in [2.75, 3.05) is 52.4 Å². The molecule has 6 rings (SSSR count). The lowest BCUT2D eigenvalue weighted by atomic mass is 9.84. The van der Waals surface area contributed by atoms with Crippen molar-refractivity contribution < 1.29 is 14.2 Å². The first-order valence-electron chi connectivity index (χ1n) is 15.8. The number of hydrogen-bond acceptors (Lipinski definition) is 8. The Kier molecular flexibility index (Phi) is 13.2. The van der Waals surface area contributed by atoms with Crippen molar-refractivity contribution in [1.29, 1.82) is 0 Å². The summed E-state index contributed by atoms with van der Waals surface area (Å²) in [6.45, 7) is 7.15. The Bertz CT molecular complexity index is 1460. The molecular formula is C37H49ClN4O3S. The number of anilines is 1. The van der Waals surface area contributed by atoms with Crippen LogP contribution in [0.1, 0.15) is 46.2 Å². The number of nitrogens with zero attached hydrogens (tertiary/aromatic N) is 2. The molecule has 9 heteroatoms. The number of hydrogen-bond donors (Lipinski definition) is 2. The summed E-state index contributed by atoms with van der Waals surface area (Å²) in [7, 11) is 4.90. The predicted octanol–water partition coefficient (Wildman–Crippen LogP) is 6.83. The predicted molar refractivity (Wildman–Crippen MR) is 193 cm³/mol.